The average molecular weight is 329 g/mol. The molecule has 106 valence electrons. The quantitative estimate of drug-likeness (QED) is 0.719. The van der Waals surface area contributed by atoms with E-state index >= 15 is 0 Å². The Labute approximate surface area is 123 Å². The van der Waals surface area contributed by atoms with Gasteiger partial charge in [0.25, 0.3) is 0 Å². The molecule has 0 bridgehead atoms. The van der Waals surface area contributed by atoms with Crippen molar-refractivity contribution in [1.29, 1.82) is 0 Å². The first-order valence-electron chi connectivity index (χ1n) is 6.50. The minimum atomic E-state index is 0.0149. The van der Waals surface area contributed by atoms with Crippen LogP contribution in [0.2, 0.25) is 0 Å². The molecule has 1 aromatic rings. The Morgan fingerprint density at radius 1 is 1.37 bits per heavy atom. The molecule has 0 saturated heterocycles. The molecular formula is C14H21BrN2O2. The van der Waals surface area contributed by atoms with Crippen molar-refractivity contribution in [3.63, 3.8) is 0 Å². The Hall–Kier alpha value is -1.07. The summed E-state index contributed by atoms with van der Waals surface area (Å²) in [5, 5.41) is 5.98. The van der Waals surface area contributed by atoms with Crippen molar-refractivity contribution in [1.82, 2.24) is 10.6 Å². The first-order valence-corrected chi connectivity index (χ1v) is 7.29. The summed E-state index contributed by atoms with van der Waals surface area (Å²) in [6.45, 7) is 6.81. The summed E-state index contributed by atoms with van der Waals surface area (Å²) in [7, 11) is 0. The van der Waals surface area contributed by atoms with E-state index in [9.17, 15) is 4.79 Å². The highest BCUT2D eigenvalue weighted by atomic mass is 79.9. The molecule has 0 spiro atoms. The second-order valence-corrected chi connectivity index (χ2v) is 5.09. The fraction of sp³-hybridized carbons (Fsp3) is 0.500. The number of hydrogen-bond acceptors (Lipinski definition) is 3. The van der Waals surface area contributed by atoms with Gasteiger partial charge in [-0.3, -0.25) is 4.79 Å². The van der Waals surface area contributed by atoms with Crippen LogP contribution in [-0.2, 0) is 4.79 Å². The van der Waals surface area contributed by atoms with Gasteiger partial charge < -0.3 is 15.4 Å². The van der Waals surface area contributed by atoms with E-state index in [1.807, 2.05) is 32.0 Å². The van der Waals surface area contributed by atoms with Gasteiger partial charge in [-0.05, 0) is 47.1 Å². The molecule has 0 fully saturated rings. The number of halogens is 1. The van der Waals surface area contributed by atoms with Crippen molar-refractivity contribution < 1.29 is 9.53 Å². The summed E-state index contributed by atoms with van der Waals surface area (Å²) >= 11 is 3.44. The monoisotopic (exact) mass is 328 g/mol. The predicted molar refractivity (Wildman–Crippen MR) is 80.5 cm³/mol. The van der Waals surface area contributed by atoms with Gasteiger partial charge in [0.05, 0.1) is 17.5 Å². The van der Waals surface area contributed by atoms with Crippen molar-refractivity contribution in [3.8, 4) is 5.75 Å². The Morgan fingerprint density at radius 2 is 2.16 bits per heavy atom. The van der Waals surface area contributed by atoms with E-state index in [4.69, 9.17) is 4.74 Å². The second kappa shape index (κ2) is 8.93. The third kappa shape index (κ3) is 6.59. The number of amides is 1. The van der Waals surface area contributed by atoms with E-state index in [0.29, 0.717) is 19.6 Å². The molecule has 0 radical (unpaired) electrons. The van der Waals surface area contributed by atoms with Crippen molar-refractivity contribution in [2.24, 2.45) is 0 Å². The van der Waals surface area contributed by atoms with Crippen LogP contribution in [0.5, 0.6) is 5.75 Å². The van der Waals surface area contributed by atoms with Crippen LogP contribution >= 0.6 is 15.9 Å². The molecule has 1 amide bonds. The normalized spacial score (nSPS) is 10.3. The van der Waals surface area contributed by atoms with Crippen molar-refractivity contribution >= 4 is 21.8 Å². The average Bonchev–Trinajstić information content (AvgIpc) is 2.37. The van der Waals surface area contributed by atoms with Gasteiger partial charge >= 0.3 is 0 Å². The molecule has 19 heavy (non-hydrogen) atoms. The zero-order valence-electron chi connectivity index (χ0n) is 11.5. The summed E-state index contributed by atoms with van der Waals surface area (Å²) < 4.78 is 6.48. The number of ether oxygens (including phenoxy) is 1. The molecular weight excluding hydrogens is 308 g/mol. The van der Waals surface area contributed by atoms with Crippen LogP contribution in [0, 0.1) is 6.92 Å². The maximum Gasteiger partial charge on any atom is 0.223 e. The maximum atomic E-state index is 11.5. The third-order valence-corrected chi connectivity index (χ3v) is 3.17. The minimum absolute atomic E-state index is 0.0149. The summed E-state index contributed by atoms with van der Waals surface area (Å²) in [4.78, 5) is 11.5. The second-order valence-electron chi connectivity index (χ2n) is 4.24. The molecule has 4 nitrogen and oxygen atoms in total. The lowest BCUT2D eigenvalue weighted by molar-refractivity contribution is -0.121. The fourth-order valence-corrected chi connectivity index (χ4v) is 2.14. The standard InChI is InChI=1S/C14H21BrN2O2/c1-3-16-7-8-17-14(18)6-9-19-13-5-4-11(2)10-12(13)15/h4-5,10,16H,3,6-9H2,1-2H3,(H,17,18). The van der Waals surface area contributed by atoms with Crippen LogP contribution in [-0.4, -0.2) is 32.1 Å². The van der Waals surface area contributed by atoms with Crippen LogP contribution in [0.3, 0.4) is 0 Å². The first kappa shape index (κ1) is 16.0. The smallest absolute Gasteiger partial charge is 0.223 e. The van der Waals surface area contributed by atoms with Gasteiger partial charge in [-0.25, -0.2) is 0 Å². The highest BCUT2D eigenvalue weighted by molar-refractivity contribution is 9.10. The zero-order chi connectivity index (χ0) is 14.1. The van der Waals surface area contributed by atoms with E-state index in [-0.39, 0.29) is 5.91 Å². The van der Waals surface area contributed by atoms with Crippen LogP contribution < -0.4 is 15.4 Å². The van der Waals surface area contributed by atoms with Crippen molar-refractivity contribution in [3.05, 3.63) is 28.2 Å². The van der Waals surface area contributed by atoms with Gasteiger partial charge in [0.1, 0.15) is 5.75 Å². The predicted octanol–water partition coefficient (Wildman–Crippen LogP) is 2.25. The van der Waals surface area contributed by atoms with Gasteiger partial charge in [-0.15, -0.1) is 0 Å². The summed E-state index contributed by atoms with van der Waals surface area (Å²) in [5.41, 5.74) is 1.17. The van der Waals surface area contributed by atoms with E-state index in [1.54, 1.807) is 0 Å². The lowest BCUT2D eigenvalue weighted by Gasteiger charge is -2.09. The molecule has 0 heterocycles. The molecule has 0 saturated carbocycles. The Bertz CT molecular complexity index is 410. The lowest BCUT2D eigenvalue weighted by Crippen LogP contribution is -2.32. The van der Waals surface area contributed by atoms with Crippen molar-refractivity contribution in [2.45, 2.75) is 20.3 Å². The van der Waals surface area contributed by atoms with Crippen LogP contribution in [0.1, 0.15) is 18.9 Å². The van der Waals surface area contributed by atoms with Crippen LogP contribution in [0.4, 0.5) is 0 Å². The van der Waals surface area contributed by atoms with Gasteiger partial charge in [0, 0.05) is 13.1 Å². The number of carbonyl (C=O) groups excluding carboxylic acids is 1. The molecule has 0 aliphatic heterocycles. The number of aryl methyl sites for hydroxylation is 1. The number of hydrogen-bond donors (Lipinski definition) is 2. The van der Waals surface area contributed by atoms with Gasteiger partial charge in [-0.1, -0.05) is 13.0 Å². The van der Waals surface area contributed by atoms with Gasteiger partial charge in [0.2, 0.25) is 5.91 Å². The largest absolute Gasteiger partial charge is 0.492 e. The Kier molecular flexibility index (Phi) is 7.52. The minimum Gasteiger partial charge on any atom is -0.492 e. The highest BCUT2D eigenvalue weighted by Gasteiger charge is 2.04. The first-order chi connectivity index (χ1) is 9.13. The maximum absolute atomic E-state index is 11.5. The van der Waals surface area contributed by atoms with Crippen LogP contribution in [0.15, 0.2) is 22.7 Å². The SMILES string of the molecule is CCNCCNC(=O)CCOc1ccc(C)cc1Br. The van der Waals surface area contributed by atoms with Gasteiger partial charge in [-0.2, -0.15) is 0 Å². The molecule has 2 N–H and O–H groups in total. The molecule has 5 heteroatoms. The van der Waals surface area contributed by atoms with Crippen molar-refractivity contribution in [2.75, 3.05) is 26.2 Å². The summed E-state index contributed by atoms with van der Waals surface area (Å²) in [6.07, 6.45) is 0.368. The summed E-state index contributed by atoms with van der Waals surface area (Å²) in [6, 6.07) is 5.88. The number of rotatable bonds is 8. The Balaban J connectivity index is 2.20. The molecule has 0 unspecified atom stereocenters. The van der Waals surface area contributed by atoms with E-state index in [2.05, 4.69) is 26.6 Å². The highest BCUT2D eigenvalue weighted by Crippen LogP contribution is 2.25. The topological polar surface area (TPSA) is 50.4 Å². The number of benzene rings is 1. The molecule has 0 aromatic heterocycles. The number of likely N-dealkylation sites (N-methyl/N-ethyl adjacent to an activating group) is 1. The molecule has 1 rings (SSSR count). The number of carbonyl (C=O) groups is 1. The van der Waals surface area contributed by atoms with Crippen LogP contribution in [0.25, 0.3) is 0 Å². The molecule has 0 atom stereocenters. The third-order valence-electron chi connectivity index (χ3n) is 2.55. The summed E-state index contributed by atoms with van der Waals surface area (Å²) in [5.74, 6) is 0.784. The zero-order valence-corrected chi connectivity index (χ0v) is 13.0. The van der Waals surface area contributed by atoms with E-state index in [0.717, 1.165) is 23.3 Å². The fourth-order valence-electron chi connectivity index (χ4n) is 1.53. The van der Waals surface area contributed by atoms with E-state index < -0.39 is 0 Å². The Morgan fingerprint density at radius 3 is 2.84 bits per heavy atom. The molecule has 1 aromatic carbocycles. The van der Waals surface area contributed by atoms with E-state index in [1.165, 1.54) is 5.56 Å². The molecule has 0 aliphatic carbocycles. The number of nitrogens with one attached hydrogen (secondary N) is 2. The molecule has 0 aliphatic rings. The van der Waals surface area contributed by atoms with Gasteiger partial charge in [0.15, 0.2) is 0 Å². The lowest BCUT2D eigenvalue weighted by atomic mass is 10.2.